The van der Waals surface area contributed by atoms with Crippen LogP contribution < -0.4 is 15.4 Å². The zero-order chi connectivity index (χ0) is 22.2. The molecule has 0 aliphatic rings. The van der Waals surface area contributed by atoms with Gasteiger partial charge in [0.2, 0.25) is 0 Å². The van der Waals surface area contributed by atoms with Crippen molar-refractivity contribution in [2.45, 2.75) is 13.3 Å². The number of carbonyl (C=O) groups excluding carboxylic acids is 1. The molecule has 0 bridgehead atoms. The van der Waals surface area contributed by atoms with Gasteiger partial charge in [0.15, 0.2) is 6.61 Å². The Kier molecular flexibility index (Phi) is 6.72. The molecule has 6 nitrogen and oxygen atoms in total. The molecule has 1 amide bonds. The van der Waals surface area contributed by atoms with E-state index in [2.05, 4.69) is 27.5 Å². The van der Waals surface area contributed by atoms with Crippen LogP contribution in [0.15, 0.2) is 91.3 Å². The normalized spacial score (nSPS) is 10.4. The highest BCUT2D eigenvalue weighted by Gasteiger charge is 2.07. The highest BCUT2D eigenvalue weighted by Crippen LogP contribution is 2.22. The fraction of sp³-hybridized carbons (Fsp3) is 0.115. The number of benzene rings is 3. The summed E-state index contributed by atoms with van der Waals surface area (Å²) in [6.45, 7) is 2.02. The lowest BCUT2D eigenvalue weighted by molar-refractivity contribution is -0.118. The Bertz CT molecular complexity index is 1180. The lowest BCUT2D eigenvalue weighted by Crippen LogP contribution is -2.20. The molecular weight excluding hydrogens is 400 g/mol. The first-order valence-electron chi connectivity index (χ1n) is 10.5. The molecule has 0 saturated heterocycles. The van der Waals surface area contributed by atoms with Gasteiger partial charge in [-0.15, -0.1) is 0 Å². The largest absolute Gasteiger partial charge is 0.483 e. The molecule has 32 heavy (non-hydrogen) atoms. The van der Waals surface area contributed by atoms with Crippen LogP contribution in [-0.2, 0) is 11.2 Å². The van der Waals surface area contributed by atoms with Crippen molar-refractivity contribution in [1.82, 2.24) is 9.97 Å². The Balaban J connectivity index is 1.34. The molecule has 1 heterocycles. The van der Waals surface area contributed by atoms with Crippen LogP contribution in [0.1, 0.15) is 12.5 Å². The van der Waals surface area contributed by atoms with E-state index in [1.807, 2.05) is 84.9 Å². The van der Waals surface area contributed by atoms with Gasteiger partial charge >= 0.3 is 0 Å². The number of hydrogen-bond donors (Lipinski definition) is 2. The fourth-order valence-electron chi connectivity index (χ4n) is 3.25. The van der Waals surface area contributed by atoms with E-state index < -0.39 is 0 Å². The lowest BCUT2D eigenvalue weighted by Gasteiger charge is -2.11. The van der Waals surface area contributed by atoms with E-state index in [1.54, 1.807) is 0 Å². The van der Waals surface area contributed by atoms with Gasteiger partial charge in [-0.25, -0.2) is 9.97 Å². The highest BCUT2D eigenvalue weighted by atomic mass is 16.5. The van der Waals surface area contributed by atoms with Crippen LogP contribution in [0.3, 0.4) is 0 Å². The van der Waals surface area contributed by atoms with Crippen molar-refractivity contribution in [1.29, 1.82) is 0 Å². The maximum atomic E-state index is 12.3. The Morgan fingerprint density at radius 3 is 2.38 bits per heavy atom. The molecule has 0 aliphatic carbocycles. The van der Waals surface area contributed by atoms with E-state index >= 15 is 0 Å². The van der Waals surface area contributed by atoms with Gasteiger partial charge in [-0.05, 0) is 42.3 Å². The number of aryl methyl sites for hydroxylation is 1. The van der Waals surface area contributed by atoms with E-state index in [0.717, 1.165) is 34.7 Å². The second-order valence-corrected chi connectivity index (χ2v) is 7.15. The minimum absolute atomic E-state index is 0.0415. The molecular formula is C26H24N4O2. The van der Waals surface area contributed by atoms with E-state index in [1.165, 1.54) is 6.33 Å². The van der Waals surface area contributed by atoms with Crippen molar-refractivity contribution in [2.75, 3.05) is 17.2 Å². The van der Waals surface area contributed by atoms with Gasteiger partial charge in [-0.1, -0.05) is 55.5 Å². The Hall–Kier alpha value is -4.19. The molecule has 0 atom stereocenters. The molecule has 0 radical (unpaired) electrons. The number of ether oxygens (including phenoxy) is 1. The summed E-state index contributed by atoms with van der Waals surface area (Å²) < 4.78 is 5.67. The van der Waals surface area contributed by atoms with Crippen LogP contribution in [0, 0.1) is 0 Å². The van der Waals surface area contributed by atoms with E-state index in [9.17, 15) is 4.79 Å². The molecule has 2 N–H and O–H groups in total. The Morgan fingerprint density at radius 2 is 1.59 bits per heavy atom. The van der Waals surface area contributed by atoms with Crippen molar-refractivity contribution in [3.8, 4) is 17.0 Å². The summed E-state index contributed by atoms with van der Waals surface area (Å²) in [5, 5.41) is 6.12. The quantitative estimate of drug-likeness (QED) is 0.392. The molecule has 160 valence electrons. The molecule has 0 spiro atoms. The minimum Gasteiger partial charge on any atom is -0.483 e. The minimum atomic E-state index is -0.208. The van der Waals surface area contributed by atoms with Crippen LogP contribution in [0.2, 0.25) is 0 Å². The molecule has 6 heteroatoms. The molecule has 3 aromatic carbocycles. The Morgan fingerprint density at radius 1 is 0.875 bits per heavy atom. The maximum Gasteiger partial charge on any atom is 0.262 e. The summed E-state index contributed by atoms with van der Waals surface area (Å²) in [6.07, 6.45) is 2.39. The third-order valence-electron chi connectivity index (χ3n) is 4.89. The van der Waals surface area contributed by atoms with Crippen molar-refractivity contribution < 1.29 is 9.53 Å². The average molecular weight is 425 g/mol. The van der Waals surface area contributed by atoms with E-state index in [-0.39, 0.29) is 12.5 Å². The first-order chi connectivity index (χ1) is 15.7. The first-order valence-corrected chi connectivity index (χ1v) is 10.5. The van der Waals surface area contributed by atoms with Crippen LogP contribution in [0.4, 0.5) is 17.2 Å². The van der Waals surface area contributed by atoms with Gasteiger partial charge in [0.25, 0.3) is 5.91 Å². The van der Waals surface area contributed by atoms with Crippen molar-refractivity contribution in [3.05, 3.63) is 96.8 Å². The number of anilines is 3. The second kappa shape index (κ2) is 10.2. The number of nitrogens with one attached hydrogen (secondary N) is 2. The smallest absolute Gasteiger partial charge is 0.262 e. The summed E-state index contributed by atoms with van der Waals surface area (Å²) in [5.41, 5.74) is 4.50. The van der Waals surface area contributed by atoms with Gasteiger partial charge < -0.3 is 15.4 Å². The van der Waals surface area contributed by atoms with E-state index in [0.29, 0.717) is 11.5 Å². The number of aromatic nitrogens is 2. The zero-order valence-corrected chi connectivity index (χ0v) is 17.8. The molecule has 4 aromatic rings. The van der Waals surface area contributed by atoms with Crippen molar-refractivity contribution in [2.24, 2.45) is 0 Å². The van der Waals surface area contributed by atoms with Crippen LogP contribution in [0.25, 0.3) is 11.3 Å². The number of carbonyl (C=O) groups is 1. The fourth-order valence-corrected chi connectivity index (χ4v) is 3.25. The van der Waals surface area contributed by atoms with Crippen molar-refractivity contribution in [3.63, 3.8) is 0 Å². The zero-order valence-electron chi connectivity index (χ0n) is 17.8. The number of nitrogens with zero attached hydrogens (tertiary/aromatic N) is 2. The lowest BCUT2D eigenvalue weighted by atomic mass is 10.1. The second-order valence-electron chi connectivity index (χ2n) is 7.15. The molecule has 1 aromatic heterocycles. The third kappa shape index (κ3) is 5.49. The summed E-state index contributed by atoms with van der Waals surface area (Å²) in [7, 11) is 0. The molecule has 0 aliphatic heterocycles. The van der Waals surface area contributed by atoms with Crippen LogP contribution in [-0.4, -0.2) is 22.5 Å². The van der Waals surface area contributed by atoms with Crippen molar-refractivity contribution >= 4 is 23.1 Å². The highest BCUT2D eigenvalue weighted by molar-refractivity contribution is 5.92. The predicted molar refractivity (Wildman–Crippen MR) is 127 cm³/mol. The molecule has 4 rings (SSSR count). The first kappa shape index (κ1) is 21.1. The van der Waals surface area contributed by atoms with Gasteiger partial charge in [0.1, 0.15) is 17.9 Å². The standard InChI is InChI=1S/C26H24N4O2/c1-2-19-8-6-7-11-24(19)32-17-26(31)30-22-14-12-21(13-15-22)29-25-16-23(27-18-28-25)20-9-4-3-5-10-20/h3-16,18H,2,17H2,1H3,(H,30,31)(H,27,28,29). The summed E-state index contributed by atoms with van der Waals surface area (Å²) in [5.74, 6) is 1.22. The summed E-state index contributed by atoms with van der Waals surface area (Å²) in [6, 6.07) is 27.0. The van der Waals surface area contributed by atoms with Gasteiger partial charge in [0, 0.05) is 23.0 Å². The molecule has 0 unspecified atom stereocenters. The monoisotopic (exact) mass is 424 g/mol. The SMILES string of the molecule is CCc1ccccc1OCC(=O)Nc1ccc(Nc2cc(-c3ccccc3)ncn2)cc1. The number of hydrogen-bond acceptors (Lipinski definition) is 5. The van der Waals surface area contributed by atoms with Gasteiger partial charge in [-0.2, -0.15) is 0 Å². The summed E-state index contributed by atoms with van der Waals surface area (Å²) >= 11 is 0. The molecule has 0 fully saturated rings. The van der Waals surface area contributed by atoms with Gasteiger partial charge in [0.05, 0.1) is 5.69 Å². The Labute approximate surface area is 187 Å². The predicted octanol–water partition coefficient (Wildman–Crippen LogP) is 5.47. The number of rotatable bonds is 8. The summed E-state index contributed by atoms with van der Waals surface area (Å²) in [4.78, 5) is 20.9. The average Bonchev–Trinajstić information content (AvgIpc) is 2.85. The number of para-hydroxylation sites is 1. The van der Waals surface area contributed by atoms with Crippen LogP contribution in [0.5, 0.6) is 5.75 Å². The topological polar surface area (TPSA) is 76.1 Å². The molecule has 0 saturated carbocycles. The maximum absolute atomic E-state index is 12.3. The third-order valence-corrected chi connectivity index (χ3v) is 4.89. The van der Waals surface area contributed by atoms with Crippen LogP contribution >= 0.6 is 0 Å². The number of amides is 1. The van der Waals surface area contributed by atoms with E-state index in [4.69, 9.17) is 4.74 Å². The van der Waals surface area contributed by atoms with Gasteiger partial charge in [-0.3, -0.25) is 4.79 Å².